The summed E-state index contributed by atoms with van der Waals surface area (Å²) in [5.74, 6) is 0. The third-order valence-corrected chi connectivity index (χ3v) is 11.2. The average Bonchev–Trinajstić information content (AvgIpc) is 3.86. The van der Waals surface area contributed by atoms with E-state index in [2.05, 4.69) is 157 Å². The molecule has 0 radical (unpaired) electrons. The van der Waals surface area contributed by atoms with E-state index >= 15 is 0 Å². The number of hydrogen-bond acceptors (Lipinski definition) is 4. The fourth-order valence-corrected chi connectivity index (χ4v) is 8.88. The Hall–Kier alpha value is -6.36. The molecule has 0 saturated heterocycles. The summed E-state index contributed by atoms with van der Waals surface area (Å²) in [7, 11) is 0. The molecule has 0 unspecified atom stereocenters. The lowest BCUT2D eigenvalue weighted by Gasteiger charge is -2.26. The van der Waals surface area contributed by atoms with Crippen LogP contribution in [0.2, 0.25) is 0 Å². The number of anilines is 3. The molecule has 11 aromatic rings. The van der Waals surface area contributed by atoms with Gasteiger partial charge in [-0.15, -0.1) is 11.3 Å². The van der Waals surface area contributed by atoms with Gasteiger partial charge in [-0.25, -0.2) is 0 Å². The minimum absolute atomic E-state index is 0.887. The predicted molar refractivity (Wildman–Crippen MR) is 212 cm³/mol. The highest BCUT2D eigenvalue weighted by atomic mass is 32.1. The normalized spacial score (nSPS) is 12.0. The molecule has 3 heterocycles. The molecule has 3 aromatic heterocycles. The molecule has 0 atom stereocenters. The number of benzene rings is 8. The lowest BCUT2D eigenvalue weighted by molar-refractivity contribution is 0.669. The zero-order valence-electron chi connectivity index (χ0n) is 26.8. The van der Waals surface area contributed by atoms with Gasteiger partial charge in [0.15, 0.2) is 0 Å². The Morgan fingerprint density at radius 3 is 2.00 bits per heavy atom. The molecule has 0 bridgehead atoms. The van der Waals surface area contributed by atoms with Crippen molar-refractivity contribution < 1.29 is 8.83 Å². The number of furan rings is 2. The monoisotopic (exact) mass is 657 g/mol. The molecule has 0 spiro atoms. The maximum atomic E-state index is 6.51. The summed E-state index contributed by atoms with van der Waals surface area (Å²) < 4.78 is 15.3. The first-order valence-corrected chi connectivity index (χ1v) is 17.6. The van der Waals surface area contributed by atoms with Crippen LogP contribution in [0.3, 0.4) is 0 Å². The summed E-state index contributed by atoms with van der Waals surface area (Å²) in [5, 5.41) is 9.41. The quantitative estimate of drug-likeness (QED) is 0.189. The Balaban J connectivity index is 1.08. The first-order valence-electron chi connectivity index (χ1n) is 16.8. The van der Waals surface area contributed by atoms with E-state index in [1.807, 2.05) is 23.5 Å². The fraction of sp³-hybridized carbons (Fsp3) is 0. The highest BCUT2D eigenvalue weighted by molar-refractivity contribution is 7.25. The zero-order chi connectivity index (χ0) is 32.8. The lowest BCUT2D eigenvalue weighted by Crippen LogP contribution is -2.09. The number of nitrogens with zero attached hydrogens (tertiary/aromatic N) is 1. The number of fused-ring (bicyclic) bond motifs is 11. The van der Waals surface area contributed by atoms with E-state index in [1.54, 1.807) is 0 Å². The lowest BCUT2D eigenvalue weighted by atomic mass is 9.98. The number of thiophene rings is 1. The van der Waals surface area contributed by atoms with Crippen LogP contribution in [-0.2, 0) is 0 Å². The largest absolute Gasteiger partial charge is 0.456 e. The molecule has 0 aliphatic heterocycles. The predicted octanol–water partition coefficient (Wildman–Crippen LogP) is 14.1. The number of para-hydroxylation sites is 1. The van der Waals surface area contributed by atoms with Crippen LogP contribution in [0.4, 0.5) is 17.1 Å². The zero-order valence-corrected chi connectivity index (χ0v) is 27.6. The van der Waals surface area contributed by atoms with Gasteiger partial charge in [-0.3, -0.25) is 0 Å². The van der Waals surface area contributed by atoms with Gasteiger partial charge in [0.25, 0.3) is 0 Å². The van der Waals surface area contributed by atoms with Crippen molar-refractivity contribution in [2.75, 3.05) is 4.90 Å². The molecule has 3 nitrogen and oxygen atoms in total. The molecular weight excluding hydrogens is 631 g/mol. The first-order chi connectivity index (χ1) is 24.8. The Kier molecular flexibility index (Phi) is 5.83. The second-order valence-corrected chi connectivity index (χ2v) is 14.0. The van der Waals surface area contributed by atoms with Gasteiger partial charge >= 0.3 is 0 Å². The molecule has 11 rings (SSSR count). The summed E-state index contributed by atoms with van der Waals surface area (Å²) in [6.45, 7) is 0. The third kappa shape index (κ3) is 4.09. The smallest absolute Gasteiger partial charge is 0.143 e. The molecule has 50 heavy (non-hydrogen) atoms. The topological polar surface area (TPSA) is 29.5 Å². The highest BCUT2D eigenvalue weighted by Crippen LogP contribution is 2.44. The Labute approximate surface area is 290 Å². The Morgan fingerprint density at radius 2 is 1.08 bits per heavy atom. The molecule has 8 aromatic carbocycles. The van der Waals surface area contributed by atoms with Crippen molar-refractivity contribution in [1.29, 1.82) is 0 Å². The maximum Gasteiger partial charge on any atom is 0.143 e. The van der Waals surface area contributed by atoms with Crippen LogP contribution in [-0.4, -0.2) is 0 Å². The molecule has 0 aliphatic carbocycles. The standard InChI is InChI=1S/C46H27NO2S/c1-2-9-34-28(8-1)18-23-38-45-33(12-7-14-42(45)49-46(34)38)29-16-19-30(20-17-29)47(31-22-25-41-39(26-31)35-10-3-5-13-40(35)48-41)32-21-24-37-36-11-4-6-15-43(36)50-44(37)27-32/h1-27H. The van der Waals surface area contributed by atoms with Gasteiger partial charge in [-0.05, 0) is 83.2 Å². The minimum Gasteiger partial charge on any atom is -0.456 e. The number of hydrogen-bond donors (Lipinski definition) is 0. The van der Waals surface area contributed by atoms with Gasteiger partial charge in [0, 0.05) is 64.2 Å². The van der Waals surface area contributed by atoms with E-state index in [4.69, 9.17) is 8.83 Å². The van der Waals surface area contributed by atoms with E-state index in [9.17, 15) is 0 Å². The molecule has 0 amide bonds. The first kappa shape index (κ1) is 27.6. The van der Waals surface area contributed by atoms with Gasteiger partial charge in [-0.1, -0.05) is 97.1 Å². The third-order valence-electron chi connectivity index (χ3n) is 10.1. The van der Waals surface area contributed by atoms with Crippen LogP contribution in [0, 0.1) is 0 Å². The molecule has 4 heteroatoms. The van der Waals surface area contributed by atoms with Gasteiger partial charge < -0.3 is 13.7 Å². The van der Waals surface area contributed by atoms with Gasteiger partial charge in [0.1, 0.15) is 22.3 Å². The van der Waals surface area contributed by atoms with E-state index in [0.717, 1.165) is 77.5 Å². The fourth-order valence-electron chi connectivity index (χ4n) is 7.74. The van der Waals surface area contributed by atoms with Crippen LogP contribution in [0.25, 0.3) is 85.9 Å². The summed E-state index contributed by atoms with van der Waals surface area (Å²) in [6.07, 6.45) is 0. The van der Waals surface area contributed by atoms with Crippen molar-refractivity contribution >= 4 is 103 Å². The van der Waals surface area contributed by atoms with Crippen molar-refractivity contribution in [3.05, 3.63) is 164 Å². The molecule has 0 aliphatic rings. The van der Waals surface area contributed by atoms with Gasteiger partial charge in [0.2, 0.25) is 0 Å². The van der Waals surface area contributed by atoms with Crippen LogP contribution in [0.15, 0.2) is 173 Å². The summed E-state index contributed by atoms with van der Waals surface area (Å²) in [4.78, 5) is 2.36. The molecule has 234 valence electrons. The van der Waals surface area contributed by atoms with E-state index < -0.39 is 0 Å². The minimum atomic E-state index is 0.887. The molecule has 0 N–H and O–H groups in total. The SMILES string of the molecule is c1ccc2c(c1)ccc1c2oc2cccc(-c3ccc(N(c4ccc5c(c4)sc4ccccc45)c4ccc5oc6ccccc6c5c4)cc3)c21. The van der Waals surface area contributed by atoms with Crippen molar-refractivity contribution in [2.45, 2.75) is 0 Å². The maximum absolute atomic E-state index is 6.51. The van der Waals surface area contributed by atoms with Crippen LogP contribution < -0.4 is 4.90 Å². The summed E-state index contributed by atoms with van der Waals surface area (Å²) >= 11 is 1.84. The van der Waals surface area contributed by atoms with E-state index in [-0.39, 0.29) is 0 Å². The van der Waals surface area contributed by atoms with E-state index in [0.29, 0.717) is 0 Å². The summed E-state index contributed by atoms with van der Waals surface area (Å²) in [6, 6.07) is 58.4. The Bertz CT molecular complexity index is 3110. The van der Waals surface area contributed by atoms with Crippen molar-refractivity contribution in [2.24, 2.45) is 0 Å². The van der Waals surface area contributed by atoms with Crippen molar-refractivity contribution in [3.8, 4) is 11.1 Å². The van der Waals surface area contributed by atoms with Crippen LogP contribution >= 0.6 is 11.3 Å². The van der Waals surface area contributed by atoms with Crippen molar-refractivity contribution in [1.82, 2.24) is 0 Å². The molecule has 0 fully saturated rings. The summed E-state index contributed by atoms with van der Waals surface area (Å²) in [5.41, 5.74) is 9.19. The van der Waals surface area contributed by atoms with Crippen LogP contribution in [0.1, 0.15) is 0 Å². The Morgan fingerprint density at radius 1 is 0.400 bits per heavy atom. The second kappa shape index (κ2) is 10.6. The van der Waals surface area contributed by atoms with Crippen LogP contribution in [0.5, 0.6) is 0 Å². The van der Waals surface area contributed by atoms with E-state index in [1.165, 1.54) is 25.6 Å². The van der Waals surface area contributed by atoms with Crippen molar-refractivity contribution in [3.63, 3.8) is 0 Å². The average molecular weight is 658 g/mol. The van der Waals surface area contributed by atoms with Gasteiger partial charge in [-0.2, -0.15) is 0 Å². The van der Waals surface area contributed by atoms with Gasteiger partial charge in [0.05, 0.1) is 0 Å². The highest BCUT2D eigenvalue weighted by Gasteiger charge is 2.19. The molecule has 0 saturated carbocycles. The molecular formula is C46H27NO2S. The second-order valence-electron chi connectivity index (χ2n) is 12.9. The number of rotatable bonds is 4.